The molecule has 1 aliphatic heterocycles. The van der Waals surface area contributed by atoms with E-state index in [1.54, 1.807) is 73.1 Å². The summed E-state index contributed by atoms with van der Waals surface area (Å²) in [5.74, 6) is 0.000503. The maximum atomic E-state index is 11.7. The lowest BCUT2D eigenvalue weighted by atomic mass is 9.94. The third-order valence-corrected chi connectivity index (χ3v) is 14.8. The van der Waals surface area contributed by atoms with E-state index in [4.69, 9.17) is 51.1 Å². The molecule has 1 fully saturated rings. The van der Waals surface area contributed by atoms with Crippen LogP contribution in [0.25, 0.3) is 21.8 Å². The van der Waals surface area contributed by atoms with E-state index in [-0.39, 0.29) is 27.4 Å². The van der Waals surface area contributed by atoms with Crippen LogP contribution < -0.4 is 4.74 Å². The number of ether oxygens (including phenoxy) is 1. The maximum absolute atomic E-state index is 11.7. The summed E-state index contributed by atoms with van der Waals surface area (Å²) in [4.78, 5) is 57.4. The summed E-state index contributed by atoms with van der Waals surface area (Å²) in [6.45, 7) is 1.59. The molecule has 0 saturated heterocycles. The fourth-order valence-electron chi connectivity index (χ4n) is 7.39. The number of hydrogen-bond acceptors (Lipinski definition) is 9. The molecule has 1 saturated carbocycles. The topological polar surface area (TPSA) is 127 Å². The van der Waals surface area contributed by atoms with Crippen molar-refractivity contribution in [2.45, 2.75) is 44.7 Å². The SMILES string of the molecule is Clc1cc2c(c3ncccc13)OCN(C1CCCCC1)C2.O=C1C(Br)=C(Br)C(=O)c2ccccc21.O=C1C(Cl)=C(Cl)C(=O)c2ccccc21.Oc1c(I)cc(Cl)c2cccnc12. The molecule has 6 aromatic rings. The number of phenolic OH excluding ortho intramolecular Hbond substituents is 1. The number of rotatable bonds is 1. The van der Waals surface area contributed by atoms with Gasteiger partial charge in [-0.15, -0.1) is 0 Å². The monoisotopic (exact) mass is 1150 g/mol. The second-order valence-corrected chi connectivity index (χ2v) is 18.6. The molecular weight excluding hydrogens is 1120 g/mol. The minimum Gasteiger partial charge on any atom is -0.505 e. The van der Waals surface area contributed by atoms with Gasteiger partial charge in [0.1, 0.15) is 27.8 Å². The van der Waals surface area contributed by atoms with Gasteiger partial charge >= 0.3 is 0 Å². The van der Waals surface area contributed by atoms with Gasteiger partial charge in [-0.1, -0.05) is 114 Å². The molecule has 0 bridgehead atoms. The summed E-state index contributed by atoms with van der Waals surface area (Å²) in [5, 5.41) is 12.4. The van der Waals surface area contributed by atoms with Gasteiger partial charge in [0.2, 0.25) is 23.1 Å². The molecule has 0 atom stereocenters. The average Bonchev–Trinajstić information content (AvgIpc) is 3.31. The minimum atomic E-state index is -0.396. The van der Waals surface area contributed by atoms with Crippen LogP contribution in [-0.2, 0) is 6.54 Å². The van der Waals surface area contributed by atoms with E-state index >= 15 is 0 Å². The van der Waals surface area contributed by atoms with Crippen molar-refractivity contribution in [1.82, 2.24) is 14.9 Å². The van der Waals surface area contributed by atoms with Crippen LogP contribution in [0.15, 0.2) is 116 Å². The highest BCUT2D eigenvalue weighted by Crippen LogP contribution is 2.39. The van der Waals surface area contributed by atoms with E-state index in [1.165, 1.54) is 37.7 Å². The first kappa shape index (κ1) is 46.3. The van der Waals surface area contributed by atoms with Crippen LogP contribution >= 0.6 is 101 Å². The largest absolute Gasteiger partial charge is 0.505 e. The number of hydrogen-bond donors (Lipinski definition) is 1. The number of halogens is 7. The Labute approximate surface area is 406 Å². The van der Waals surface area contributed by atoms with Gasteiger partial charge in [-0.3, -0.25) is 34.0 Å². The van der Waals surface area contributed by atoms with Crippen LogP contribution in [0.2, 0.25) is 10.0 Å². The van der Waals surface area contributed by atoms with E-state index in [9.17, 15) is 24.3 Å². The van der Waals surface area contributed by atoms with E-state index in [2.05, 4.69) is 52.8 Å². The van der Waals surface area contributed by atoms with Crippen molar-refractivity contribution in [2.75, 3.05) is 6.73 Å². The van der Waals surface area contributed by atoms with Crippen molar-refractivity contribution in [1.29, 1.82) is 0 Å². The number of phenols is 1. The molecule has 62 heavy (non-hydrogen) atoms. The lowest BCUT2D eigenvalue weighted by Crippen LogP contribution is -2.41. The highest BCUT2D eigenvalue weighted by Gasteiger charge is 2.31. The van der Waals surface area contributed by atoms with Gasteiger partial charge in [-0.05, 0) is 104 Å². The van der Waals surface area contributed by atoms with Crippen molar-refractivity contribution in [3.05, 3.63) is 158 Å². The number of benzene rings is 4. The van der Waals surface area contributed by atoms with Crippen LogP contribution in [0, 0.1) is 3.57 Å². The van der Waals surface area contributed by atoms with E-state index in [1.807, 2.05) is 40.8 Å². The first-order valence-electron chi connectivity index (χ1n) is 19.1. The Kier molecular flexibility index (Phi) is 15.2. The molecule has 3 aliphatic carbocycles. The predicted molar refractivity (Wildman–Crippen MR) is 260 cm³/mol. The Bertz CT molecular complexity index is 2690. The molecule has 16 heteroatoms. The van der Waals surface area contributed by atoms with Gasteiger partial charge in [-0.25, -0.2) is 0 Å². The second kappa shape index (κ2) is 20.4. The number of aromatic nitrogens is 2. The molecular formula is C46H32Br2Cl4IN3O6. The van der Waals surface area contributed by atoms with E-state index in [0.29, 0.717) is 58.1 Å². The zero-order valence-electron chi connectivity index (χ0n) is 32.2. The molecule has 4 aromatic carbocycles. The van der Waals surface area contributed by atoms with Crippen LogP contribution in [0.4, 0.5) is 0 Å². The van der Waals surface area contributed by atoms with E-state index in [0.717, 1.165) is 33.6 Å². The Morgan fingerprint density at radius 2 is 1.11 bits per heavy atom. The van der Waals surface area contributed by atoms with Crippen LogP contribution in [0.1, 0.15) is 79.1 Å². The number of Topliss-reactive ketones (excluding diaryl/α,β-unsaturated/α-hetero) is 4. The maximum Gasteiger partial charge on any atom is 0.206 e. The lowest BCUT2D eigenvalue weighted by molar-refractivity contribution is 0.0413. The molecule has 3 heterocycles. The van der Waals surface area contributed by atoms with Gasteiger partial charge in [0.05, 0.1) is 22.6 Å². The summed E-state index contributed by atoms with van der Waals surface area (Å²) >= 11 is 31.8. The minimum absolute atomic E-state index is 0.160. The number of aromatic hydroxyl groups is 1. The molecule has 0 unspecified atom stereocenters. The van der Waals surface area contributed by atoms with Crippen molar-refractivity contribution in [3.8, 4) is 11.5 Å². The summed E-state index contributed by atoms with van der Waals surface area (Å²) in [5.41, 5.74) is 4.14. The fraction of sp³-hybridized carbons (Fsp3) is 0.174. The predicted octanol–water partition coefficient (Wildman–Crippen LogP) is 13.4. The summed E-state index contributed by atoms with van der Waals surface area (Å²) in [6, 6.07) is 25.2. The number of nitrogens with zero attached hydrogens (tertiary/aromatic N) is 3. The summed E-state index contributed by atoms with van der Waals surface area (Å²) in [6.07, 6.45) is 10.1. The lowest BCUT2D eigenvalue weighted by Gasteiger charge is -2.37. The zero-order chi connectivity index (χ0) is 44.2. The molecule has 2 aromatic heterocycles. The molecule has 0 radical (unpaired) electrons. The summed E-state index contributed by atoms with van der Waals surface area (Å²) in [7, 11) is 0. The summed E-state index contributed by atoms with van der Waals surface area (Å²) < 4.78 is 7.36. The van der Waals surface area contributed by atoms with Crippen LogP contribution in [-0.4, -0.2) is 55.9 Å². The highest BCUT2D eigenvalue weighted by atomic mass is 127. The van der Waals surface area contributed by atoms with Crippen LogP contribution in [0.3, 0.4) is 0 Å². The Balaban J connectivity index is 0.000000127. The number of allylic oxidation sites excluding steroid dienone is 4. The van der Waals surface area contributed by atoms with Gasteiger partial charge < -0.3 is 9.84 Å². The van der Waals surface area contributed by atoms with Crippen LogP contribution in [0.5, 0.6) is 11.5 Å². The van der Waals surface area contributed by atoms with Crippen molar-refractivity contribution < 1.29 is 29.0 Å². The Hall–Kier alpha value is -3.73. The fourth-order valence-corrected chi connectivity index (χ4v) is 9.84. The first-order chi connectivity index (χ1) is 29.8. The third-order valence-electron chi connectivity index (χ3n) is 10.5. The number of ketones is 4. The van der Waals surface area contributed by atoms with Crippen molar-refractivity contribution >= 4 is 146 Å². The van der Waals surface area contributed by atoms with Gasteiger partial charge in [0, 0.05) is 63.6 Å². The average molecular weight is 1150 g/mol. The second-order valence-electron chi connectivity index (χ2n) is 14.3. The van der Waals surface area contributed by atoms with E-state index < -0.39 is 11.6 Å². The molecule has 1 N–H and O–H groups in total. The third kappa shape index (κ3) is 9.68. The molecule has 0 spiro atoms. The standard InChI is InChI=1S/C17H19ClN2O.C10H4Br2O2.C10H4Cl2O2.C9H5ClINO/c18-15-9-12-10-20(13-5-2-1-3-6-13)11-21-17(12)16-14(15)7-4-8-19-16;2*11-7-8(12)10(14)6-4-2-1-3-5(6)9(7)13;10-6-4-7(11)9(13)8-5(6)2-1-3-12-8/h4,7-9,13H,1-3,5-6,10-11H2;2*1-4H;1-4,13H. The van der Waals surface area contributed by atoms with Crippen molar-refractivity contribution in [2.24, 2.45) is 0 Å². The molecule has 4 aliphatic rings. The van der Waals surface area contributed by atoms with Gasteiger partial charge in [-0.2, -0.15) is 0 Å². The number of fused-ring (bicyclic) bond motifs is 6. The zero-order valence-corrected chi connectivity index (χ0v) is 40.6. The van der Waals surface area contributed by atoms with Gasteiger partial charge in [0.25, 0.3) is 0 Å². The number of carbonyl (C=O) groups is 4. The smallest absolute Gasteiger partial charge is 0.206 e. The molecule has 0 amide bonds. The first-order valence-corrected chi connectivity index (χ1v) is 23.3. The Morgan fingerprint density at radius 3 is 1.65 bits per heavy atom. The Morgan fingerprint density at radius 1 is 0.645 bits per heavy atom. The van der Waals surface area contributed by atoms with Gasteiger partial charge in [0.15, 0.2) is 11.5 Å². The number of pyridine rings is 2. The normalized spacial score (nSPS) is 16.2. The molecule has 10 rings (SSSR count). The number of carbonyl (C=O) groups excluding carboxylic acids is 4. The molecule has 9 nitrogen and oxygen atoms in total. The van der Waals surface area contributed by atoms with Crippen molar-refractivity contribution in [3.63, 3.8) is 0 Å². The quantitative estimate of drug-likeness (QED) is 0.160. The highest BCUT2D eigenvalue weighted by molar-refractivity contribution is 14.1. The molecule has 316 valence electrons.